The Labute approximate surface area is 105 Å². The van der Waals surface area contributed by atoms with Crippen molar-refractivity contribution in [3.05, 3.63) is 28.5 Å². The van der Waals surface area contributed by atoms with E-state index in [9.17, 15) is 5.11 Å². The molecule has 2 rings (SSSR count). The molecule has 1 saturated heterocycles. The highest BCUT2D eigenvalue weighted by atomic mass is 79.9. The molecule has 0 spiro atoms. The maximum atomic E-state index is 9.33. The fraction of sp³-hybridized carbons (Fsp3) is 0.583. The monoisotopic (exact) mass is 284 g/mol. The lowest BCUT2D eigenvalue weighted by molar-refractivity contribution is 0.0841. The summed E-state index contributed by atoms with van der Waals surface area (Å²) in [6.07, 6.45) is 5.41. The van der Waals surface area contributed by atoms with Gasteiger partial charge in [0, 0.05) is 18.8 Å². The summed E-state index contributed by atoms with van der Waals surface area (Å²) in [6.45, 7) is 2.27. The van der Waals surface area contributed by atoms with Gasteiger partial charge in [0.2, 0.25) is 0 Å². The van der Waals surface area contributed by atoms with Crippen LogP contribution in [0.1, 0.15) is 24.8 Å². The lowest BCUT2D eigenvalue weighted by atomic mass is 10.0. The largest absolute Gasteiger partial charge is 0.395 e. The third kappa shape index (κ3) is 3.03. The third-order valence-electron chi connectivity index (χ3n) is 3.14. The van der Waals surface area contributed by atoms with E-state index in [-0.39, 0.29) is 6.61 Å². The van der Waals surface area contributed by atoms with E-state index in [0.717, 1.165) is 24.1 Å². The molecule has 0 aliphatic carbocycles. The molecule has 4 heteroatoms. The Morgan fingerprint density at radius 2 is 2.38 bits per heavy atom. The van der Waals surface area contributed by atoms with Crippen LogP contribution in [-0.4, -0.2) is 34.2 Å². The van der Waals surface area contributed by atoms with Gasteiger partial charge in [-0.1, -0.05) is 6.42 Å². The summed E-state index contributed by atoms with van der Waals surface area (Å²) in [6, 6.07) is 4.41. The number of piperidine rings is 1. The first-order valence-corrected chi connectivity index (χ1v) is 6.54. The first-order valence-electron chi connectivity index (χ1n) is 5.75. The van der Waals surface area contributed by atoms with Gasteiger partial charge >= 0.3 is 0 Å². The van der Waals surface area contributed by atoms with E-state index in [1.54, 1.807) is 0 Å². The Morgan fingerprint density at radius 1 is 1.50 bits per heavy atom. The van der Waals surface area contributed by atoms with Crippen LogP contribution in [0, 0.1) is 0 Å². The van der Waals surface area contributed by atoms with Crippen LogP contribution in [0.3, 0.4) is 0 Å². The predicted octanol–water partition coefficient (Wildman–Crippen LogP) is 2.19. The van der Waals surface area contributed by atoms with Crippen molar-refractivity contribution in [3.8, 4) is 0 Å². The minimum Gasteiger partial charge on any atom is -0.395 e. The molecule has 1 aliphatic rings. The number of halogens is 1. The molecule has 1 atom stereocenters. The Morgan fingerprint density at radius 3 is 3.12 bits per heavy atom. The highest BCUT2D eigenvalue weighted by Crippen LogP contribution is 2.20. The molecular formula is C12H17BrN2O. The summed E-state index contributed by atoms with van der Waals surface area (Å²) in [4.78, 5) is 6.49. The van der Waals surface area contributed by atoms with Gasteiger partial charge < -0.3 is 5.11 Å². The molecule has 3 nitrogen and oxygen atoms in total. The number of aliphatic hydroxyl groups excluding tert-OH is 1. The predicted molar refractivity (Wildman–Crippen MR) is 67.1 cm³/mol. The maximum Gasteiger partial charge on any atom is 0.106 e. The molecular weight excluding hydrogens is 268 g/mol. The van der Waals surface area contributed by atoms with E-state index in [1.165, 1.54) is 18.4 Å². The summed E-state index contributed by atoms with van der Waals surface area (Å²) in [5, 5.41) is 9.33. The van der Waals surface area contributed by atoms with Gasteiger partial charge in [0.05, 0.1) is 6.61 Å². The molecule has 1 aliphatic heterocycles. The van der Waals surface area contributed by atoms with Crippen LogP contribution >= 0.6 is 15.9 Å². The molecule has 1 N–H and O–H groups in total. The highest BCUT2D eigenvalue weighted by molar-refractivity contribution is 9.10. The van der Waals surface area contributed by atoms with Gasteiger partial charge in [-0.05, 0) is 53.0 Å². The highest BCUT2D eigenvalue weighted by Gasteiger charge is 2.21. The first kappa shape index (κ1) is 12.0. The number of rotatable bonds is 3. The second kappa shape index (κ2) is 5.75. The van der Waals surface area contributed by atoms with Gasteiger partial charge in [0.15, 0.2) is 0 Å². The van der Waals surface area contributed by atoms with Gasteiger partial charge in [0.1, 0.15) is 4.60 Å². The molecule has 0 amide bonds. The second-order valence-corrected chi connectivity index (χ2v) is 5.10. The first-order chi connectivity index (χ1) is 7.79. The normalized spacial score (nSPS) is 22.2. The van der Waals surface area contributed by atoms with E-state index in [4.69, 9.17) is 0 Å². The van der Waals surface area contributed by atoms with E-state index >= 15 is 0 Å². The zero-order chi connectivity index (χ0) is 11.4. The molecule has 0 saturated carbocycles. The van der Waals surface area contributed by atoms with Crippen molar-refractivity contribution in [1.29, 1.82) is 0 Å². The summed E-state index contributed by atoms with van der Waals surface area (Å²) < 4.78 is 0.877. The molecule has 1 fully saturated rings. The fourth-order valence-corrected chi connectivity index (χ4v) is 2.66. The molecule has 88 valence electrons. The van der Waals surface area contributed by atoms with Gasteiger partial charge in [-0.2, -0.15) is 0 Å². The molecule has 0 bridgehead atoms. The van der Waals surface area contributed by atoms with Crippen molar-refractivity contribution in [1.82, 2.24) is 9.88 Å². The van der Waals surface area contributed by atoms with Crippen LogP contribution in [0.5, 0.6) is 0 Å². The molecule has 1 aromatic heterocycles. The minimum absolute atomic E-state index is 0.270. The summed E-state index contributed by atoms with van der Waals surface area (Å²) in [5.74, 6) is 0. The average Bonchev–Trinajstić information content (AvgIpc) is 2.30. The van der Waals surface area contributed by atoms with Crippen molar-refractivity contribution < 1.29 is 5.11 Å². The molecule has 2 heterocycles. The molecule has 0 aromatic carbocycles. The Bertz CT molecular complexity index is 346. The summed E-state index contributed by atoms with van der Waals surface area (Å²) >= 11 is 3.38. The fourth-order valence-electron chi connectivity index (χ4n) is 2.25. The lowest BCUT2D eigenvalue weighted by Gasteiger charge is -2.34. The summed E-state index contributed by atoms with van der Waals surface area (Å²) in [7, 11) is 0. The number of nitrogens with zero attached hydrogens (tertiary/aromatic N) is 2. The maximum absolute atomic E-state index is 9.33. The van der Waals surface area contributed by atoms with Gasteiger partial charge in [-0.3, -0.25) is 4.90 Å². The molecule has 0 unspecified atom stereocenters. The van der Waals surface area contributed by atoms with E-state index in [2.05, 4.69) is 25.8 Å². The number of likely N-dealkylation sites (tertiary alicyclic amines) is 1. The molecule has 0 radical (unpaired) electrons. The Hall–Kier alpha value is -0.450. The standard InChI is InChI=1S/C12H17BrN2O/c13-12-7-10(4-5-14-12)8-15-6-2-1-3-11(15)9-16/h4-5,7,11,16H,1-3,6,8-9H2/t11-/m0/s1. The van der Waals surface area contributed by atoms with E-state index in [0.29, 0.717) is 6.04 Å². The van der Waals surface area contributed by atoms with Crippen LogP contribution in [0.4, 0.5) is 0 Å². The number of hydrogen-bond acceptors (Lipinski definition) is 3. The van der Waals surface area contributed by atoms with E-state index in [1.807, 2.05) is 18.3 Å². The topological polar surface area (TPSA) is 36.4 Å². The van der Waals surface area contributed by atoms with Gasteiger partial charge in [-0.25, -0.2) is 4.98 Å². The SMILES string of the molecule is OC[C@@H]1CCCCN1Cc1ccnc(Br)c1. The summed E-state index contributed by atoms with van der Waals surface area (Å²) in [5.41, 5.74) is 1.25. The minimum atomic E-state index is 0.270. The number of pyridine rings is 1. The Kier molecular flexibility index (Phi) is 4.32. The second-order valence-electron chi connectivity index (χ2n) is 4.29. The Balaban J connectivity index is 2.02. The molecule has 1 aromatic rings. The van der Waals surface area contributed by atoms with Crippen molar-refractivity contribution in [2.75, 3.05) is 13.2 Å². The van der Waals surface area contributed by atoms with Gasteiger partial charge in [-0.15, -0.1) is 0 Å². The molecule has 16 heavy (non-hydrogen) atoms. The van der Waals surface area contributed by atoms with Crippen molar-refractivity contribution >= 4 is 15.9 Å². The lowest BCUT2D eigenvalue weighted by Crippen LogP contribution is -2.41. The number of aliphatic hydroxyl groups is 1. The van der Waals surface area contributed by atoms with Crippen LogP contribution < -0.4 is 0 Å². The number of hydrogen-bond donors (Lipinski definition) is 1. The average molecular weight is 285 g/mol. The number of aromatic nitrogens is 1. The van der Waals surface area contributed by atoms with Crippen LogP contribution in [-0.2, 0) is 6.54 Å². The van der Waals surface area contributed by atoms with Crippen LogP contribution in [0.2, 0.25) is 0 Å². The van der Waals surface area contributed by atoms with Crippen LogP contribution in [0.25, 0.3) is 0 Å². The van der Waals surface area contributed by atoms with Gasteiger partial charge in [0.25, 0.3) is 0 Å². The van der Waals surface area contributed by atoms with Crippen molar-refractivity contribution in [2.45, 2.75) is 31.8 Å². The van der Waals surface area contributed by atoms with E-state index < -0.39 is 0 Å². The zero-order valence-corrected chi connectivity index (χ0v) is 10.9. The third-order valence-corrected chi connectivity index (χ3v) is 3.57. The zero-order valence-electron chi connectivity index (χ0n) is 9.27. The quantitative estimate of drug-likeness (QED) is 0.865. The van der Waals surface area contributed by atoms with Crippen LogP contribution in [0.15, 0.2) is 22.9 Å². The van der Waals surface area contributed by atoms with Crippen molar-refractivity contribution in [3.63, 3.8) is 0 Å². The smallest absolute Gasteiger partial charge is 0.106 e. The van der Waals surface area contributed by atoms with Crippen molar-refractivity contribution in [2.24, 2.45) is 0 Å².